The molecule has 0 radical (unpaired) electrons. The Morgan fingerprint density at radius 2 is 1.97 bits per heavy atom. The zero-order valence-electron chi connectivity index (χ0n) is 15.8. The third-order valence-corrected chi connectivity index (χ3v) is 7.41. The molecule has 2 aromatic carbocycles. The van der Waals surface area contributed by atoms with Gasteiger partial charge in [-0.25, -0.2) is 8.42 Å². The summed E-state index contributed by atoms with van der Waals surface area (Å²) in [5.41, 5.74) is 9.85. The second-order valence-electron chi connectivity index (χ2n) is 7.53. The number of amides is 1. The molecule has 2 heterocycles. The Bertz CT molecular complexity index is 1250. The fourth-order valence-electron chi connectivity index (χ4n) is 4.15. The zero-order valence-corrected chi connectivity index (χ0v) is 16.6. The van der Waals surface area contributed by atoms with E-state index in [9.17, 15) is 18.5 Å². The molecule has 29 heavy (non-hydrogen) atoms. The first-order chi connectivity index (χ1) is 13.9. The first-order valence-corrected chi connectivity index (χ1v) is 11.4. The molecule has 3 aromatic rings. The zero-order chi connectivity index (χ0) is 20.6. The van der Waals surface area contributed by atoms with E-state index in [1.807, 2.05) is 18.3 Å². The number of aromatic nitrogens is 1. The summed E-state index contributed by atoms with van der Waals surface area (Å²) >= 11 is 0. The van der Waals surface area contributed by atoms with E-state index in [2.05, 4.69) is 11.1 Å². The molecule has 1 atom stereocenters. The number of hydrogen-bond donors (Lipinski definition) is 2. The Labute approximate surface area is 169 Å². The Morgan fingerprint density at radius 3 is 2.72 bits per heavy atom. The summed E-state index contributed by atoms with van der Waals surface area (Å²) in [6.07, 6.45) is 3.85. The van der Waals surface area contributed by atoms with Gasteiger partial charge in [-0.3, -0.25) is 4.79 Å². The monoisotopic (exact) mass is 407 g/mol. The van der Waals surface area contributed by atoms with Crippen molar-refractivity contribution in [2.75, 3.05) is 11.5 Å². The quantitative estimate of drug-likeness (QED) is 0.691. The highest BCUT2D eigenvalue weighted by atomic mass is 32.2. The maximum Gasteiger partial charge on any atom is 0.250 e. The molecule has 1 saturated heterocycles. The summed E-state index contributed by atoms with van der Waals surface area (Å²) in [6.45, 7) is 0. The number of primary amides is 1. The minimum Gasteiger partial charge on any atom is -0.366 e. The highest BCUT2D eigenvalue weighted by molar-refractivity contribution is 7.91. The molecule has 1 aliphatic heterocycles. The van der Waals surface area contributed by atoms with E-state index in [0.29, 0.717) is 29.5 Å². The van der Waals surface area contributed by atoms with Gasteiger partial charge in [-0.05, 0) is 66.1 Å². The van der Waals surface area contributed by atoms with Crippen LogP contribution in [0.3, 0.4) is 0 Å². The standard InChI is InChI=1S/C22H21N3O3S/c23-12-14-3-1-4-16(9-14)17-10-18-20(13-25-21(18)19(11-17)22(24)26)15-5-2-7-29(27,28)8-6-15/h1,3-4,9-11,13,15,25H,2,5-8H2,(H2,24,26). The van der Waals surface area contributed by atoms with Crippen LogP contribution in [0, 0.1) is 11.3 Å². The number of nitriles is 1. The predicted octanol–water partition coefficient (Wildman–Crippen LogP) is 3.49. The lowest BCUT2D eigenvalue weighted by molar-refractivity contribution is 0.100. The number of carbonyl (C=O) groups excluding carboxylic acids is 1. The topological polar surface area (TPSA) is 117 Å². The molecule has 7 heteroatoms. The summed E-state index contributed by atoms with van der Waals surface area (Å²) in [7, 11) is -2.99. The van der Waals surface area contributed by atoms with Crippen LogP contribution in [0.5, 0.6) is 0 Å². The largest absolute Gasteiger partial charge is 0.366 e. The van der Waals surface area contributed by atoms with Gasteiger partial charge in [0.05, 0.1) is 34.2 Å². The fraction of sp³-hybridized carbons (Fsp3) is 0.273. The number of sulfone groups is 1. The number of rotatable bonds is 3. The second kappa shape index (κ2) is 7.37. The Morgan fingerprint density at radius 1 is 1.14 bits per heavy atom. The van der Waals surface area contributed by atoms with Crippen molar-refractivity contribution in [2.45, 2.75) is 25.2 Å². The van der Waals surface area contributed by atoms with Gasteiger partial charge in [-0.15, -0.1) is 0 Å². The summed E-state index contributed by atoms with van der Waals surface area (Å²) in [5.74, 6) is -0.0331. The molecule has 4 rings (SSSR count). The number of hydrogen-bond acceptors (Lipinski definition) is 4. The van der Waals surface area contributed by atoms with Crippen LogP contribution in [0.15, 0.2) is 42.6 Å². The van der Waals surface area contributed by atoms with Crippen molar-refractivity contribution in [1.29, 1.82) is 5.26 Å². The molecule has 148 valence electrons. The molecular formula is C22H21N3O3S. The fourth-order valence-corrected chi connectivity index (χ4v) is 5.60. The van der Waals surface area contributed by atoms with Gasteiger partial charge in [0.15, 0.2) is 0 Å². The van der Waals surface area contributed by atoms with Crippen LogP contribution in [0.1, 0.15) is 46.7 Å². The smallest absolute Gasteiger partial charge is 0.250 e. The second-order valence-corrected chi connectivity index (χ2v) is 9.83. The number of nitrogens with zero attached hydrogens (tertiary/aromatic N) is 1. The minimum absolute atomic E-state index is 0.0995. The lowest BCUT2D eigenvalue weighted by Gasteiger charge is -2.14. The van der Waals surface area contributed by atoms with Gasteiger partial charge < -0.3 is 10.7 Å². The number of nitrogens with one attached hydrogen (secondary N) is 1. The van der Waals surface area contributed by atoms with Crippen molar-refractivity contribution in [3.8, 4) is 17.2 Å². The van der Waals surface area contributed by atoms with Crippen LogP contribution < -0.4 is 5.73 Å². The lowest BCUT2D eigenvalue weighted by atomic mass is 9.90. The molecule has 1 unspecified atom stereocenters. The number of nitrogens with two attached hydrogens (primary N) is 1. The van der Waals surface area contributed by atoms with E-state index >= 15 is 0 Å². The van der Waals surface area contributed by atoms with E-state index in [4.69, 9.17) is 5.73 Å². The number of H-pyrrole nitrogens is 1. The normalized spacial score (nSPS) is 18.8. The number of aromatic amines is 1. The summed E-state index contributed by atoms with van der Waals surface area (Å²) in [5, 5.41) is 10.1. The predicted molar refractivity (Wildman–Crippen MR) is 112 cm³/mol. The van der Waals surface area contributed by atoms with Crippen molar-refractivity contribution >= 4 is 26.6 Å². The first-order valence-electron chi connectivity index (χ1n) is 9.54. The van der Waals surface area contributed by atoms with Crippen molar-refractivity contribution in [3.63, 3.8) is 0 Å². The van der Waals surface area contributed by atoms with Crippen molar-refractivity contribution < 1.29 is 13.2 Å². The van der Waals surface area contributed by atoms with Gasteiger partial charge >= 0.3 is 0 Å². The van der Waals surface area contributed by atoms with Crippen molar-refractivity contribution in [1.82, 2.24) is 4.98 Å². The summed E-state index contributed by atoms with van der Waals surface area (Å²) < 4.78 is 24.0. The molecule has 6 nitrogen and oxygen atoms in total. The van der Waals surface area contributed by atoms with Crippen LogP contribution >= 0.6 is 0 Å². The molecular weight excluding hydrogens is 386 g/mol. The van der Waals surface area contributed by atoms with E-state index in [1.54, 1.807) is 24.3 Å². The Balaban J connectivity index is 1.86. The molecule has 1 aliphatic rings. The highest BCUT2D eigenvalue weighted by Gasteiger charge is 2.25. The average Bonchev–Trinajstić information content (AvgIpc) is 3.04. The van der Waals surface area contributed by atoms with Crippen molar-refractivity contribution in [2.24, 2.45) is 5.73 Å². The van der Waals surface area contributed by atoms with Crippen molar-refractivity contribution in [3.05, 3.63) is 59.3 Å². The molecule has 0 spiro atoms. The Hall–Kier alpha value is -3.11. The van der Waals surface area contributed by atoms with Crippen LogP contribution in [0.4, 0.5) is 0 Å². The molecule has 1 aromatic heterocycles. The number of carbonyl (C=O) groups is 1. The van der Waals surface area contributed by atoms with E-state index in [1.165, 1.54) is 0 Å². The Kier molecular flexibility index (Phi) is 4.89. The third-order valence-electron chi connectivity index (χ3n) is 5.64. The van der Waals surface area contributed by atoms with Gasteiger partial charge in [0.2, 0.25) is 0 Å². The first kappa shape index (κ1) is 19.2. The maximum absolute atomic E-state index is 12.1. The average molecular weight is 407 g/mol. The molecule has 1 fully saturated rings. The summed E-state index contributed by atoms with van der Waals surface area (Å²) in [4.78, 5) is 15.3. The molecule has 3 N–H and O–H groups in total. The van der Waals surface area contributed by atoms with Gasteiger partial charge in [0.1, 0.15) is 9.84 Å². The SMILES string of the molecule is N#Cc1cccc(-c2cc(C(N)=O)c3[nH]cc(C4CCCS(=O)(=O)CC4)c3c2)c1. The summed E-state index contributed by atoms with van der Waals surface area (Å²) in [6, 6.07) is 13.0. The van der Waals surface area contributed by atoms with E-state index in [-0.39, 0.29) is 17.4 Å². The van der Waals surface area contributed by atoms with Gasteiger partial charge in [0, 0.05) is 11.6 Å². The molecule has 0 saturated carbocycles. The molecule has 0 bridgehead atoms. The molecule has 1 amide bonds. The van der Waals surface area contributed by atoms with Gasteiger partial charge in [-0.1, -0.05) is 12.1 Å². The molecule has 0 aliphatic carbocycles. The van der Waals surface area contributed by atoms with Crippen LogP contribution in [-0.4, -0.2) is 30.8 Å². The van der Waals surface area contributed by atoms with Gasteiger partial charge in [-0.2, -0.15) is 5.26 Å². The number of fused-ring (bicyclic) bond motifs is 1. The third kappa shape index (κ3) is 3.76. The van der Waals surface area contributed by atoms with Crippen LogP contribution in [0.25, 0.3) is 22.0 Å². The minimum atomic E-state index is -2.99. The lowest BCUT2D eigenvalue weighted by Crippen LogP contribution is -2.12. The number of benzene rings is 2. The van der Waals surface area contributed by atoms with E-state index in [0.717, 1.165) is 28.5 Å². The van der Waals surface area contributed by atoms with E-state index < -0.39 is 15.7 Å². The van der Waals surface area contributed by atoms with Crippen LogP contribution in [0.2, 0.25) is 0 Å². The van der Waals surface area contributed by atoms with Gasteiger partial charge in [0.25, 0.3) is 5.91 Å². The maximum atomic E-state index is 12.1. The van der Waals surface area contributed by atoms with Crippen LogP contribution in [-0.2, 0) is 9.84 Å². The highest BCUT2D eigenvalue weighted by Crippen LogP contribution is 2.37.